The molecule has 1 heterocycles. The Kier molecular flexibility index (Phi) is 5.66. The Morgan fingerprint density at radius 2 is 2.20 bits per heavy atom. The van der Waals surface area contributed by atoms with Crippen molar-refractivity contribution >= 4 is 0 Å². The number of ether oxygens (including phenoxy) is 1. The van der Waals surface area contributed by atoms with Gasteiger partial charge in [0, 0.05) is 21.1 Å². The summed E-state index contributed by atoms with van der Waals surface area (Å²) in [7, 11) is 0. The first kappa shape index (κ1) is 10.6. The summed E-state index contributed by atoms with van der Waals surface area (Å²) in [6.45, 7) is 6.04. The molecule has 1 fully saturated rings. The second kappa shape index (κ2) is 5.32. The second-order valence-corrected chi connectivity index (χ2v) is 2.75. The molecule has 0 aliphatic carbocycles. The van der Waals surface area contributed by atoms with E-state index in [1.807, 2.05) is 0 Å². The summed E-state index contributed by atoms with van der Waals surface area (Å²) in [6, 6.07) is 0. The Morgan fingerprint density at radius 1 is 1.50 bits per heavy atom. The molecule has 2 atom stereocenters. The van der Waals surface area contributed by atoms with E-state index < -0.39 is 0 Å². The molecule has 1 saturated heterocycles. The third-order valence-corrected chi connectivity index (χ3v) is 1.81. The molecule has 0 N–H and O–H groups in total. The van der Waals surface area contributed by atoms with Crippen molar-refractivity contribution in [3.8, 4) is 0 Å². The fourth-order valence-corrected chi connectivity index (χ4v) is 1.31. The first-order valence-electron chi connectivity index (χ1n) is 3.81. The topological polar surface area (TPSA) is 9.23 Å². The van der Waals surface area contributed by atoms with Crippen molar-refractivity contribution in [2.75, 3.05) is 0 Å². The van der Waals surface area contributed by atoms with Crippen LogP contribution >= 0.6 is 0 Å². The summed E-state index contributed by atoms with van der Waals surface area (Å²) in [5.41, 5.74) is 0. The largest absolute Gasteiger partial charge is 0.407 e. The van der Waals surface area contributed by atoms with Crippen molar-refractivity contribution in [1.29, 1.82) is 0 Å². The molecule has 1 nitrogen and oxygen atoms in total. The average Bonchev–Trinajstić information content (AvgIpc) is 2.17. The van der Waals surface area contributed by atoms with Crippen LogP contribution in [0.4, 0.5) is 0 Å². The van der Waals surface area contributed by atoms with Crippen molar-refractivity contribution in [1.82, 2.24) is 0 Å². The predicted octanol–water partition coefficient (Wildman–Crippen LogP) is 2.17. The second-order valence-electron chi connectivity index (χ2n) is 2.75. The van der Waals surface area contributed by atoms with Crippen molar-refractivity contribution in [3.63, 3.8) is 0 Å². The predicted molar refractivity (Wildman–Crippen MR) is 38.2 cm³/mol. The van der Waals surface area contributed by atoms with E-state index in [4.69, 9.17) is 4.74 Å². The van der Waals surface area contributed by atoms with Crippen LogP contribution in [-0.2, 0) is 25.8 Å². The van der Waals surface area contributed by atoms with E-state index in [1.54, 1.807) is 0 Å². The van der Waals surface area contributed by atoms with Gasteiger partial charge in [-0.2, -0.15) is 0 Å². The minimum atomic E-state index is 0. The van der Waals surface area contributed by atoms with Crippen LogP contribution in [0.5, 0.6) is 0 Å². The van der Waals surface area contributed by atoms with Gasteiger partial charge in [-0.05, 0) is 12.8 Å². The molecular formula is C8H15OW-. The number of hydrogen-bond acceptors (Lipinski definition) is 1. The van der Waals surface area contributed by atoms with Crippen molar-refractivity contribution in [2.45, 2.75) is 44.8 Å². The summed E-state index contributed by atoms with van der Waals surface area (Å²) in [5.74, 6) is 0. The fourth-order valence-electron chi connectivity index (χ4n) is 1.31. The van der Waals surface area contributed by atoms with Gasteiger partial charge in [0.1, 0.15) is 0 Å². The van der Waals surface area contributed by atoms with Crippen molar-refractivity contribution in [2.24, 2.45) is 0 Å². The van der Waals surface area contributed by atoms with Gasteiger partial charge in [-0.3, -0.25) is 0 Å². The van der Waals surface area contributed by atoms with Gasteiger partial charge < -0.3 is 11.7 Å². The Bertz CT molecular complexity index is 83.3. The Hall–Kier alpha value is 0.648. The molecule has 0 amide bonds. The van der Waals surface area contributed by atoms with Crippen LogP contribution in [0.1, 0.15) is 32.6 Å². The normalized spacial score (nSPS) is 31.8. The maximum absolute atomic E-state index is 5.49. The van der Waals surface area contributed by atoms with Gasteiger partial charge >= 0.3 is 0 Å². The molecule has 0 aromatic carbocycles. The minimum absolute atomic E-state index is 0. The van der Waals surface area contributed by atoms with Crippen LogP contribution in [0.3, 0.4) is 0 Å². The maximum atomic E-state index is 5.49. The molecule has 0 bridgehead atoms. The molecule has 0 radical (unpaired) electrons. The maximum Gasteiger partial charge on any atom is 0.0543 e. The molecule has 0 spiro atoms. The zero-order valence-electron chi connectivity index (χ0n) is 6.51. The quantitative estimate of drug-likeness (QED) is 0.710. The SMILES string of the molecule is [CH2-][C@@H]1CC[C@H](CCC)O1.[W]. The van der Waals surface area contributed by atoms with Crippen LogP contribution in [0.15, 0.2) is 0 Å². The van der Waals surface area contributed by atoms with E-state index in [1.165, 1.54) is 19.3 Å². The monoisotopic (exact) mass is 311 g/mol. The summed E-state index contributed by atoms with van der Waals surface area (Å²) >= 11 is 0. The summed E-state index contributed by atoms with van der Waals surface area (Å²) in [5, 5.41) is 0. The van der Waals surface area contributed by atoms with E-state index >= 15 is 0 Å². The zero-order valence-corrected chi connectivity index (χ0v) is 9.44. The van der Waals surface area contributed by atoms with E-state index in [-0.39, 0.29) is 27.2 Å². The smallest absolute Gasteiger partial charge is 0.0543 e. The van der Waals surface area contributed by atoms with Crippen LogP contribution in [0.2, 0.25) is 0 Å². The molecule has 1 aliphatic heterocycles. The van der Waals surface area contributed by atoms with E-state index in [0.29, 0.717) is 6.10 Å². The summed E-state index contributed by atoms with van der Waals surface area (Å²) in [6.07, 6.45) is 5.63. The van der Waals surface area contributed by atoms with E-state index in [0.717, 1.165) is 6.42 Å². The van der Waals surface area contributed by atoms with Crippen molar-refractivity contribution < 1.29 is 25.8 Å². The third-order valence-electron chi connectivity index (χ3n) is 1.81. The molecule has 1 rings (SSSR count). The summed E-state index contributed by atoms with van der Waals surface area (Å²) in [4.78, 5) is 0. The first-order valence-corrected chi connectivity index (χ1v) is 3.81. The molecule has 10 heavy (non-hydrogen) atoms. The number of rotatable bonds is 2. The van der Waals surface area contributed by atoms with Gasteiger partial charge in [0.2, 0.25) is 0 Å². The zero-order chi connectivity index (χ0) is 6.69. The molecular weight excluding hydrogens is 296 g/mol. The molecule has 0 aromatic heterocycles. The van der Waals surface area contributed by atoms with Gasteiger partial charge in [-0.1, -0.05) is 25.9 Å². The molecule has 1 aliphatic rings. The standard InChI is InChI=1S/C8H15O.W/c1-3-4-8-6-5-7(2)9-8;/h7-8H,2-6H2,1H3;/q-1;/t7-,8+;/m1./s1. The molecule has 0 saturated carbocycles. The van der Waals surface area contributed by atoms with Crippen LogP contribution in [0, 0.1) is 6.92 Å². The van der Waals surface area contributed by atoms with Crippen LogP contribution in [0.25, 0.3) is 0 Å². The Balaban J connectivity index is 0.000000810. The molecule has 60 valence electrons. The third kappa shape index (κ3) is 3.16. The van der Waals surface area contributed by atoms with E-state index in [9.17, 15) is 0 Å². The van der Waals surface area contributed by atoms with Gasteiger partial charge in [0.15, 0.2) is 0 Å². The van der Waals surface area contributed by atoms with E-state index in [2.05, 4.69) is 13.8 Å². The van der Waals surface area contributed by atoms with Gasteiger partial charge in [-0.25, -0.2) is 0 Å². The summed E-state index contributed by atoms with van der Waals surface area (Å²) < 4.78 is 5.49. The van der Waals surface area contributed by atoms with Crippen molar-refractivity contribution in [3.05, 3.63) is 6.92 Å². The van der Waals surface area contributed by atoms with Gasteiger partial charge in [-0.15, -0.1) is 0 Å². The van der Waals surface area contributed by atoms with Crippen LogP contribution in [-0.4, -0.2) is 12.2 Å². The van der Waals surface area contributed by atoms with Gasteiger partial charge in [0.25, 0.3) is 0 Å². The van der Waals surface area contributed by atoms with Gasteiger partial charge in [0.05, 0.1) is 6.10 Å². The Morgan fingerprint density at radius 3 is 2.60 bits per heavy atom. The van der Waals surface area contributed by atoms with Crippen LogP contribution < -0.4 is 0 Å². The first-order chi connectivity index (χ1) is 4.33. The Labute approximate surface area is 77.8 Å². The number of hydrogen-bond donors (Lipinski definition) is 0. The fraction of sp³-hybridized carbons (Fsp3) is 0.875. The molecule has 0 unspecified atom stereocenters. The average molecular weight is 311 g/mol. The molecule has 0 aromatic rings. The molecule has 2 heteroatoms. The minimum Gasteiger partial charge on any atom is -0.407 e.